The van der Waals surface area contributed by atoms with Gasteiger partial charge in [0.25, 0.3) is 0 Å². The van der Waals surface area contributed by atoms with E-state index in [0.717, 1.165) is 63.0 Å². The highest BCUT2D eigenvalue weighted by Gasteiger charge is 2.19. The van der Waals surface area contributed by atoms with Gasteiger partial charge < -0.3 is 15.0 Å². The van der Waals surface area contributed by atoms with Crippen LogP contribution in [0.15, 0.2) is 18.2 Å². The summed E-state index contributed by atoms with van der Waals surface area (Å²) < 4.78 is 18.2. The second-order valence-corrected chi connectivity index (χ2v) is 6.38. The molecule has 0 atom stereocenters. The van der Waals surface area contributed by atoms with Crippen LogP contribution < -0.4 is 5.32 Å². The maximum absolute atomic E-state index is 13.2. The van der Waals surface area contributed by atoms with Crippen LogP contribution in [0.2, 0.25) is 5.02 Å². The maximum atomic E-state index is 13.2. The lowest BCUT2D eigenvalue weighted by atomic mass is 10.2. The van der Waals surface area contributed by atoms with Gasteiger partial charge in [-0.1, -0.05) is 17.7 Å². The third-order valence-electron chi connectivity index (χ3n) is 3.85. The van der Waals surface area contributed by atoms with Crippen LogP contribution in [0.5, 0.6) is 0 Å². The zero-order chi connectivity index (χ0) is 16.7. The quantitative estimate of drug-likeness (QED) is 0.622. The van der Waals surface area contributed by atoms with E-state index in [9.17, 15) is 4.39 Å². The van der Waals surface area contributed by atoms with Crippen LogP contribution in [-0.4, -0.2) is 61.4 Å². The lowest BCUT2D eigenvalue weighted by Gasteiger charge is -2.36. The first-order valence-corrected chi connectivity index (χ1v) is 8.57. The average molecular weight is 360 g/mol. The number of rotatable bonds is 6. The highest BCUT2D eigenvalue weighted by molar-refractivity contribution is 7.80. The predicted molar refractivity (Wildman–Crippen MR) is 95.4 cm³/mol. The highest BCUT2D eigenvalue weighted by Crippen LogP contribution is 2.17. The van der Waals surface area contributed by atoms with Crippen LogP contribution in [0, 0.1) is 5.82 Å². The molecule has 0 bridgehead atoms. The fourth-order valence-corrected chi connectivity index (χ4v) is 3.02. The zero-order valence-corrected chi connectivity index (χ0v) is 14.9. The molecule has 1 aromatic carbocycles. The topological polar surface area (TPSA) is 27.7 Å². The largest absolute Gasteiger partial charge is 0.385 e. The number of halogens is 2. The van der Waals surface area contributed by atoms with Gasteiger partial charge >= 0.3 is 0 Å². The van der Waals surface area contributed by atoms with E-state index in [1.165, 1.54) is 6.07 Å². The van der Waals surface area contributed by atoms with Crippen LogP contribution in [0.1, 0.15) is 12.0 Å². The second kappa shape index (κ2) is 9.37. The first-order chi connectivity index (χ1) is 11.1. The Hall–Kier alpha value is -0.950. The smallest absolute Gasteiger partial charge is 0.169 e. The Balaban J connectivity index is 1.73. The van der Waals surface area contributed by atoms with Gasteiger partial charge in [0.2, 0.25) is 0 Å². The van der Waals surface area contributed by atoms with Crippen LogP contribution in [0.25, 0.3) is 0 Å². The Morgan fingerprint density at radius 3 is 2.74 bits per heavy atom. The molecule has 1 aromatic rings. The molecule has 7 heteroatoms. The minimum absolute atomic E-state index is 0.183. The summed E-state index contributed by atoms with van der Waals surface area (Å²) in [6.07, 6.45) is 0.946. The van der Waals surface area contributed by atoms with Gasteiger partial charge in [-0.2, -0.15) is 0 Å². The minimum atomic E-state index is -0.370. The molecule has 0 saturated carbocycles. The van der Waals surface area contributed by atoms with Crippen LogP contribution in [-0.2, 0) is 11.3 Å². The Morgan fingerprint density at radius 2 is 2.09 bits per heavy atom. The maximum Gasteiger partial charge on any atom is 0.169 e. The van der Waals surface area contributed by atoms with Gasteiger partial charge in [0.15, 0.2) is 5.11 Å². The summed E-state index contributed by atoms with van der Waals surface area (Å²) in [5, 5.41) is 4.26. The van der Waals surface area contributed by atoms with Crippen molar-refractivity contribution < 1.29 is 9.13 Å². The molecule has 1 saturated heterocycles. The molecule has 0 aliphatic carbocycles. The Morgan fingerprint density at radius 1 is 1.35 bits per heavy atom. The van der Waals surface area contributed by atoms with Crippen molar-refractivity contribution in [1.82, 2.24) is 15.1 Å². The van der Waals surface area contributed by atoms with Gasteiger partial charge in [0, 0.05) is 53.0 Å². The third-order valence-corrected chi connectivity index (χ3v) is 4.54. The van der Waals surface area contributed by atoms with Gasteiger partial charge in [-0.3, -0.25) is 4.90 Å². The minimum Gasteiger partial charge on any atom is -0.385 e. The summed E-state index contributed by atoms with van der Waals surface area (Å²) in [4.78, 5) is 4.52. The molecule has 1 aliphatic heterocycles. The summed E-state index contributed by atoms with van der Waals surface area (Å²) in [6.45, 7) is 5.99. The number of hydrogen-bond donors (Lipinski definition) is 1. The fourth-order valence-electron chi connectivity index (χ4n) is 2.53. The monoisotopic (exact) mass is 359 g/mol. The van der Waals surface area contributed by atoms with Crippen molar-refractivity contribution >= 4 is 28.9 Å². The lowest BCUT2D eigenvalue weighted by Crippen LogP contribution is -2.51. The highest BCUT2D eigenvalue weighted by atomic mass is 35.5. The summed E-state index contributed by atoms with van der Waals surface area (Å²) in [7, 11) is 1.70. The molecule has 0 unspecified atom stereocenters. The van der Waals surface area contributed by atoms with Gasteiger partial charge in [-0.15, -0.1) is 0 Å². The number of hydrogen-bond acceptors (Lipinski definition) is 3. The van der Waals surface area contributed by atoms with Crippen molar-refractivity contribution in [3.63, 3.8) is 0 Å². The molecule has 23 heavy (non-hydrogen) atoms. The number of piperazine rings is 1. The summed E-state index contributed by atoms with van der Waals surface area (Å²) in [5.41, 5.74) is 1.03. The van der Waals surface area contributed by atoms with Crippen LogP contribution in [0.3, 0.4) is 0 Å². The van der Waals surface area contributed by atoms with Crippen LogP contribution >= 0.6 is 23.8 Å². The number of ether oxygens (including phenoxy) is 1. The molecule has 128 valence electrons. The molecule has 0 spiro atoms. The summed E-state index contributed by atoms with van der Waals surface area (Å²) >= 11 is 11.3. The SMILES string of the molecule is COCCCNC(=S)N1CCN(Cc2ccc(F)c(Cl)c2)CC1. The zero-order valence-electron chi connectivity index (χ0n) is 13.4. The molecule has 4 nitrogen and oxygen atoms in total. The first-order valence-electron chi connectivity index (χ1n) is 7.78. The molecular weight excluding hydrogens is 337 g/mol. The van der Waals surface area contributed by atoms with E-state index in [-0.39, 0.29) is 10.8 Å². The normalized spacial score (nSPS) is 15.7. The molecule has 0 aromatic heterocycles. The Bertz CT molecular complexity index is 524. The molecule has 1 heterocycles. The van der Waals surface area contributed by atoms with E-state index in [4.69, 9.17) is 28.6 Å². The van der Waals surface area contributed by atoms with Crippen molar-refractivity contribution in [2.24, 2.45) is 0 Å². The Kier molecular flexibility index (Phi) is 7.49. The number of thiocarbonyl (C=S) groups is 1. The molecular formula is C16H23ClFN3OS. The van der Waals surface area contributed by atoms with Crippen molar-refractivity contribution in [2.45, 2.75) is 13.0 Å². The van der Waals surface area contributed by atoms with Gasteiger partial charge in [-0.25, -0.2) is 4.39 Å². The van der Waals surface area contributed by atoms with Crippen molar-refractivity contribution in [1.29, 1.82) is 0 Å². The van der Waals surface area contributed by atoms with Gasteiger partial charge in [0.05, 0.1) is 5.02 Å². The van der Waals surface area contributed by atoms with Crippen LogP contribution in [0.4, 0.5) is 4.39 Å². The summed E-state index contributed by atoms with van der Waals surface area (Å²) in [5.74, 6) is -0.370. The lowest BCUT2D eigenvalue weighted by molar-refractivity contribution is 0.173. The van der Waals surface area contributed by atoms with E-state index in [1.807, 2.05) is 0 Å². The summed E-state index contributed by atoms with van der Waals surface area (Å²) in [6, 6.07) is 4.91. The molecule has 2 rings (SSSR count). The number of methoxy groups -OCH3 is 1. The van der Waals surface area contributed by atoms with E-state index in [1.54, 1.807) is 19.2 Å². The van der Waals surface area contributed by atoms with Crippen molar-refractivity contribution in [3.8, 4) is 0 Å². The fraction of sp³-hybridized carbons (Fsp3) is 0.562. The molecule has 0 amide bonds. The molecule has 0 radical (unpaired) electrons. The second-order valence-electron chi connectivity index (χ2n) is 5.59. The third kappa shape index (κ3) is 5.88. The van der Waals surface area contributed by atoms with Gasteiger partial charge in [-0.05, 0) is 36.3 Å². The Labute approximate surface area is 147 Å². The number of benzene rings is 1. The predicted octanol–water partition coefficient (Wildman–Crippen LogP) is 2.51. The van der Waals surface area contributed by atoms with E-state index in [0.29, 0.717) is 0 Å². The number of nitrogens with one attached hydrogen (secondary N) is 1. The van der Waals surface area contributed by atoms with E-state index in [2.05, 4.69) is 15.1 Å². The standard InChI is InChI=1S/C16H23ClFN3OS/c1-22-10-2-5-19-16(23)21-8-6-20(7-9-21)12-13-3-4-15(18)14(17)11-13/h3-4,11H,2,5-10,12H2,1H3,(H,19,23). The van der Waals surface area contributed by atoms with Gasteiger partial charge in [0.1, 0.15) is 5.82 Å². The van der Waals surface area contributed by atoms with Crippen molar-refractivity contribution in [2.75, 3.05) is 46.4 Å². The first kappa shape index (κ1) is 18.4. The molecule has 1 fully saturated rings. The van der Waals surface area contributed by atoms with Crippen molar-refractivity contribution in [3.05, 3.63) is 34.6 Å². The number of nitrogens with zero attached hydrogens (tertiary/aromatic N) is 2. The molecule has 1 N–H and O–H groups in total. The van der Waals surface area contributed by atoms with E-state index < -0.39 is 0 Å². The average Bonchev–Trinajstić information content (AvgIpc) is 2.55. The molecule has 1 aliphatic rings. The van der Waals surface area contributed by atoms with E-state index >= 15 is 0 Å².